The van der Waals surface area contributed by atoms with Crippen molar-refractivity contribution in [3.8, 4) is 0 Å². The van der Waals surface area contributed by atoms with E-state index in [-0.39, 0.29) is 11.7 Å². The zero-order valence-electron chi connectivity index (χ0n) is 15.5. The van der Waals surface area contributed by atoms with Crippen molar-refractivity contribution >= 4 is 38.4 Å². The number of carbonyl (C=O) groups is 1. The standard InChI is InChI=1S/C21H20N2O3S/c1-13-10-16-19(11-14(13)2)27-21(23(16)8-9-25-3)22-20(24)18-12-15-6-4-5-7-17(15)26-18/h4-7,10-12H,8-9H2,1-3H3. The number of carbonyl (C=O) groups excluding carboxylic acids is 1. The molecule has 2 heterocycles. The van der Waals surface area contributed by atoms with Gasteiger partial charge in [-0.05, 0) is 49.2 Å². The van der Waals surface area contributed by atoms with E-state index in [9.17, 15) is 4.79 Å². The maximum atomic E-state index is 12.7. The van der Waals surface area contributed by atoms with Crippen LogP contribution in [0.25, 0.3) is 21.2 Å². The molecule has 0 aliphatic rings. The van der Waals surface area contributed by atoms with Gasteiger partial charge in [0.15, 0.2) is 10.6 Å². The number of ether oxygens (including phenoxy) is 1. The number of para-hydroxylation sites is 1. The van der Waals surface area contributed by atoms with Crippen molar-refractivity contribution in [2.45, 2.75) is 20.4 Å². The molecule has 1 amide bonds. The van der Waals surface area contributed by atoms with E-state index >= 15 is 0 Å². The molecule has 0 unspecified atom stereocenters. The van der Waals surface area contributed by atoms with Crippen molar-refractivity contribution in [2.24, 2.45) is 4.99 Å². The number of fused-ring (bicyclic) bond motifs is 2. The van der Waals surface area contributed by atoms with Crippen LogP contribution in [0.2, 0.25) is 0 Å². The average molecular weight is 380 g/mol. The molecule has 4 rings (SSSR count). The molecule has 27 heavy (non-hydrogen) atoms. The molecule has 5 nitrogen and oxygen atoms in total. The molecule has 0 aliphatic carbocycles. The Morgan fingerprint density at radius 1 is 1.19 bits per heavy atom. The summed E-state index contributed by atoms with van der Waals surface area (Å²) in [5.74, 6) is -0.128. The maximum Gasteiger partial charge on any atom is 0.315 e. The third-order valence-electron chi connectivity index (χ3n) is 4.65. The van der Waals surface area contributed by atoms with Crippen LogP contribution in [0.5, 0.6) is 0 Å². The van der Waals surface area contributed by atoms with Crippen molar-refractivity contribution in [3.05, 3.63) is 64.2 Å². The van der Waals surface area contributed by atoms with Gasteiger partial charge in [0.25, 0.3) is 0 Å². The first-order chi connectivity index (χ1) is 13.1. The number of thiazole rings is 1. The summed E-state index contributed by atoms with van der Waals surface area (Å²) in [4.78, 5) is 17.7. The summed E-state index contributed by atoms with van der Waals surface area (Å²) in [6.45, 7) is 5.35. The number of benzene rings is 2. The van der Waals surface area contributed by atoms with Crippen molar-refractivity contribution in [2.75, 3.05) is 13.7 Å². The fourth-order valence-corrected chi connectivity index (χ4v) is 4.17. The van der Waals surface area contributed by atoms with E-state index in [1.165, 1.54) is 22.5 Å². The number of furan rings is 1. The molecule has 0 fully saturated rings. The van der Waals surface area contributed by atoms with E-state index in [4.69, 9.17) is 9.15 Å². The molecule has 0 saturated heterocycles. The first-order valence-electron chi connectivity index (χ1n) is 8.74. The molecule has 2 aromatic heterocycles. The van der Waals surface area contributed by atoms with Gasteiger partial charge in [0.05, 0.1) is 16.8 Å². The lowest BCUT2D eigenvalue weighted by Gasteiger charge is -2.06. The lowest BCUT2D eigenvalue weighted by molar-refractivity contribution is 0.0973. The minimum absolute atomic E-state index is 0.249. The minimum atomic E-state index is -0.377. The Balaban J connectivity index is 1.84. The Labute approximate surface area is 160 Å². The van der Waals surface area contributed by atoms with E-state index < -0.39 is 0 Å². The summed E-state index contributed by atoms with van der Waals surface area (Å²) >= 11 is 1.51. The topological polar surface area (TPSA) is 56.7 Å². The maximum absolute atomic E-state index is 12.7. The normalized spacial score (nSPS) is 12.3. The van der Waals surface area contributed by atoms with Gasteiger partial charge in [-0.2, -0.15) is 4.99 Å². The molecule has 6 heteroatoms. The fraction of sp³-hybridized carbons (Fsp3) is 0.238. The summed E-state index contributed by atoms with van der Waals surface area (Å²) in [6.07, 6.45) is 0. The van der Waals surface area contributed by atoms with Gasteiger partial charge in [-0.15, -0.1) is 0 Å². The smallest absolute Gasteiger partial charge is 0.315 e. The molecule has 0 spiro atoms. The lowest BCUT2D eigenvalue weighted by Crippen LogP contribution is -2.19. The van der Waals surface area contributed by atoms with Crippen LogP contribution in [0.4, 0.5) is 0 Å². The van der Waals surface area contributed by atoms with Gasteiger partial charge in [-0.3, -0.25) is 4.79 Å². The Hall–Kier alpha value is -2.70. The van der Waals surface area contributed by atoms with Crippen LogP contribution in [-0.2, 0) is 11.3 Å². The second-order valence-electron chi connectivity index (χ2n) is 6.50. The van der Waals surface area contributed by atoms with Crippen LogP contribution in [0.3, 0.4) is 0 Å². The minimum Gasteiger partial charge on any atom is -0.451 e. The van der Waals surface area contributed by atoms with Gasteiger partial charge in [0.2, 0.25) is 0 Å². The Bertz CT molecular complexity index is 1180. The lowest BCUT2D eigenvalue weighted by atomic mass is 10.1. The zero-order chi connectivity index (χ0) is 19.0. The van der Waals surface area contributed by atoms with Crippen LogP contribution < -0.4 is 4.80 Å². The van der Waals surface area contributed by atoms with Gasteiger partial charge >= 0.3 is 5.91 Å². The quantitative estimate of drug-likeness (QED) is 0.525. The summed E-state index contributed by atoms with van der Waals surface area (Å²) in [6, 6.07) is 13.6. The number of methoxy groups -OCH3 is 1. The predicted molar refractivity (Wildman–Crippen MR) is 107 cm³/mol. The second-order valence-corrected chi connectivity index (χ2v) is 7.51. The van der Waals surface area contributed by atoms with Crippen LogP contribution >= 0.6 is 11.3 Å². The largest absolute Gasteiger partial charge is 0.451 e. The van der Waals surface area contributed by atoms with Gasteiger partial charge in [-0.1, -0.05) is 29.5 Å². The number of amides is 1. The molecular formula is C21H20N2O3S. The molecule has 4 aromatic rings. The molecule has 0 N–H and O–H groups in total. The van der Waals surface area contributed by atoms with E-state index in [0.29, 0.717) is 23.5 Å². The van der Waals surface area contributed by atoms with Crippen LogP contribution in [-0.4, -0.2) is 24.2 Å². The van der Waals surface area contributed by atoms with Gasteiger partial charge in [0.1, 0.15) is 5.58 Å². The SMILES string of the molecule is COCCn1c(=NC(=O)c2cc3ccccc3o2)sc2cc(C)c(C)cc21. The molecule has 2 aromatic carbocycles. The molecule has 0 aliphatic heterocycles. The number of rotatable bonds is 4. The third kappa shape index (κ3) is 3.34. The Kier molecular flexibility index (Phi) is 4.68. The van der Waals surface area contributed by atoms with Crippen molar-refractivity contribution in [3.63, 3.8) is 0 Å². The second kappa shape index (κ2) is 7.13. The van der Waals surface area contributed by atoms with E-state index in [0.717, 1.165) is 15.6 Å². The monoisotopic (exact) mass is 380 g/mol. The van der Waals surface area contributed by atoms with Crippen molar-refractivity contribution in [1.82, 2.24) is 4.57 Å². The summed E-state index contributed by atoms with van der Waals surface area (Å²) < 4.78 is 14.0. The first-order valence-corrected chi connectivity index (χ1v) is 9.55. The number of nitrogens with zero attached hydrogens (tertiary/aromatic N) is 2. The van der Waals surface area contributed by atoms with Crippen molar-refractivity contribution in [1.29, 1.82) is 0 Å². The van der Waals surface area contributed by atoms with Gasteiger partial charge in [-0.25, -0.2) is 0 Å². The third-order valence-corrected chi connectivity index (χ3v) is 5.69. The number of hydrogen-bond acceptors (Lipinski definition) is 4. The zero-order valence-corrected chi connectivity index (χ0v) is 16.3. The predicted octanol–water partition coefficient (Wildman–Crippen LogP) is 4.45. The van der Waals surface area contributed by atoms with Gasteiger partial charge < -0.3 is 13.7 Å². The van der Waals surface area contributed by atoms with Crippen LogP contribution in [0.1, 0.15) is 21.7 Å². The molecule has 0 saturated carbocycles. The van der Waals surface area contributed by atoms with Gasteiger partial charge in [0, 0.05) is 19.0 Å². The average Bonchev–Trinajstić information content (AvgIpc) is 3.22. The fourth-order valence-electron chi connectivity index (χ4n) is 3.03. The first kappa shape index (κ1) is 17.7. The molecule has 0 radical (unpaired) electrons. The van der Waals surface area contributed by atoms with Crippen molar-refractivity contribution < 1.29 is 13.9 Å². The highest BCUT2D eigenvalue weighted by molar-refractivity contribution is 7.16. The molecule has 0 bridgehead atoms. The number of hydrogen-bond donors (Lipinski definition) is 0. The number of aryl methyl sites for hydroxylation is 2. The number of aromatic nitrogens is 1. The highest BCUT2D eigenvalue weighted by atomic mass is 32.1. The molecule has 138 valence electrons. The highest BCUT2D eigenvalue weighted by Crippen LogP contribution is 2.23. The summed E-state index contributed by atoms with van der Waals surface area (Å²) in [7, 11) is 1.67. The molecular weight excluding hydrogens is 360 g/mol. The van der Waals surface area contributed by atoms with E-state index in [2.05, 4.69) is 31.0 Å². The van der Waals surface area contributed by atoms with Crippen LogP contribution in [0, 0.1) is 13.8 Å². The highest BCUT2D eigenvalue weighted by Gasteiger charge is 2.14. The van der Waals surface area contributed by atoms with Crippen LogP contribution in [0.15, 0.2) is 51.9 Å². The Morgan fingerprint density at radius 2 is 1.96 bits per heavy atom. The van der Waals surface area contributed by atoms with E-state index in [1.54, 1.807) is 13.2 Å². The Morgan fingerprint density at radius 3 is 2.74 bits per heavy atom. The van der Waals surface area contributed by atoms with E-state index in [1.807, 2.05) is 28.8 Å². The summed E-state index contributed by atoms with van der Waals surface area (Å²) in [5.41, 5.74) is 4.18. The molecule has 0 atom stereocenters. The summed E-state index contributed by atoms with van der Waals surface area (Å²) in [5, 5.41) is 0.894.